The summed E-state index contributed by atoms with van der Waals surface area (Å²) in [7, 11) is 3.27. The number of aliphatic hydroxyl groups is 1. The van der Waals surface area contributed by atoms with Crippen LogP contribution in [0.3, 0.4) is 0 Å². The molecule has 34 heavy (non-hydrogen) atoms. The Morgan fingerprint density at radius 1 is 1.29 bits per heavy atom. The normalized spacial score (nSPS) is 19.0. The number of amides is 3. The molecule has 0 bridgehead atoms. The molecule has 1 unspecified atom stereocenters. The maximum atomic E-state index is 13.0. The Bertz CT molecular complexity index is 1270. The van der Waals surface area contributed by atoms with Crippen molar-refractivity contribution in [3.8, 4) is 11.1 Å². The Morgan fingerprint density at radius 2 is 2.06 bits per heavy atom. The first kappa shape index (κ1) is 23.0. The van der Waals surface area contributed by atoms with Crippen molar-refractivity contribution in [2.24, 2.45) is 7.05 Å². The summed E-state index contributed by atoms with van der Waals surface area (Å²) in [6.45, 7) is 5.81. The van der Waals surface area contributed by atoms with Crippen LogP contribution in [0.4, 0.5) is 0 Å². The van der Waals surface area contributed by atoms with Crippen LogP contribution in [-0.2, 0) is 27.9 Å². The van der Waals surface area contributed by atoms with Crippen LogP contribution in [0.15, 0.2) is 54.6 Å². The number of nitrogens with one attached hydrogen (secondary N) is 1. The molecular weight excluding hydrogens is 436 g/mol. The van der Waals surface area contributed by atoms with Gasteiger partial charge in [0.1, 0.15) is 11.8 Å². The molecule has 1 aromatic carbocycles. The van der Waals surface area contributed by atoms with Gasteiger partial charge >= 0.3 is 0 Å². The van der Waals surface area contributed by atoms with E-state index in [-0.39, 0.29) is 30.5 Å². The van der Waals surface area contributed by atoms with E-state index in [1.807, 2.05) is 12.1 Å². The smallest absolute Gasteiger partial charge is 0.255 e. The summed E-state index contributed by atoms with van der Waals surface area (Å²) in [5.74, 6) is -0.632. The van der Waals surface area contributed by atoms with Gasteiger partial charge < -0.3 is 14.7 Å². The Balaban J connectivity index is 1.69. The van der Waals surface area contributed by atoms with Crippen LogP contribution in [-0.4, -0.2) is 50.7 Å². The van der Waals surface area contributed by atoms with E-state index in [9.17, 15) is 19.5 Å². The molecule has 0 aliphatic carbocycles. The number of rotatable bonds is 6. The molecule has 2 aliphatic rings. The zero-order valence-electron chi connectivity index (χ0n) is 19.3. The highest BCUT2D eigenvalue weighted by atomic mass is 16.5. The zero-order chi connectivity index (χ0) is 24.6. The van der Waals surface area contributed by atoms with Gasteiger partial charge in [0.25, 0.3) is 5.91 Å². The highest BCUT2D eigenvalue weighted by molar-refractivity contribution is 6.05. The van der Waals surface area contributed by atoms with E-state index >= 15 is 0 Å². The van der Waals surface area contributed by atoms with Crippen LogP contribution < -0.4 is 5.32 Å². The fraction of sp³-hybridized carbons (Fsp3) is 0.280. The number of hydrogen-bond donors (Lipinski definition) is 2. The van der Waals surface area contributed by atoms with Crippen molar-refractivity contribution in [2.45, 2.75) is 32.4 Å². The number of fused-ring (bicyclic) bond motifs is 1. The number of aliphatic hydroxyl groups excluding tert-OH is 1. The third-order valence-corrected chi connectivity index (χ3v) is 6.23. The first-order valence-corrected chi connectivity index (χ1v) is 10.8. The maximum absolute atomic E-state index is 13.0. The van der Waals surface area contributed by atoms with Crippen LogP contribution in [0.25, 0.3) is 16.7 Å². The number of aromatic nitrogens is 2. The van der Waals surface area contributed by atoms with E-state index in [1.54, 1.807) is 43.1 Å². The van der Waals surface area contributed by atoms with Crippen molar-refractivity contribution in [1.82, 2.24) is 20.0 Å². The van der Waals surface area contributed by atoms with Crippen LogP contribution >= 0.6 is 0 Å². The van der Waals surface area contributed by atoms with Gasteiger partial charge in [-0.25, -0.2) is 0 Å². The molecule has 1 fully saturated rings. The summed E-state index contributed by atoms with van der Waals surface area (Å²) in [5.41, 5.74) is 4.34. The highest BCUT2D eigenvalue weighted by Crippen LogP contribution is 2.34. The van der Waals surface area contributed by atoms with Gasteiger partial charge in [0.2, 0.25) is 11.8 Å². The number of carbonyl (C=O) groups excluding carboxylic acids is 3. The second-order valence-corrected chi connectivity index (χ2v) is 8.25. The number of benzene rings is 1. The maximum Gasteiger partial charge on any atom is 0.255 e. The molecule has 0 radical (unpaired) electrons. The van der Waals surface area contributed by atoms with E-state index in [2.05, 4.69) is 17.0 Å². The van der Waals surface area contributed by atoms with E-state index in [0.717, 1.165) is 22.4 Å². The minimum Gasteiger partial charge on any atom is -0.504 e. The molecule has 1 atom stereocenters. The van der Waals surface area contributed by atoms with Crippen LogP contribution in [0, 0.1) is 0 Å². The summed E-state index contributed by atoms with van der Waals surface area (Å²) in [6, 6.07) is 4.84. The van der Waals surface area contributed by atoms with Gasteiger partial charge in [-0.1, -0.05) is 18.7 Å². The van der Waals surface area contributed by atoms with E-state index in [0.29, 0.717) is 23.3 Å². The fourth-order valence-electron chi connectivity index (χ4n) is 4.31. The Morgan fingerprint density at radius 3 is 2.74 bits per heavy atom. The Labute approximate surface area is 197 Å². The van der Waals surface area contributed by atoms with Crippen molar-refractivity contribution < 1.29 is 24.2 Å². The number of piperidine rings is 1. The van der Waals surface area contributed by atoms with Crippen molar-refractivity contribution >= 4 is 23.3 Å². The van der Waals surface area contributed by atoms with Gasteiger partial charge in [0, 0.05) is 36.7 Å². The molecule has 1 saturated heterocycles. The average Bonchev–Trinajstić information content (AvgIpc) is 3.36. The predicted molar refractivity (Wildman–Crippen MR) is 125 cm³/mol. The van der Waals surface area contributed by atoms with Crippen molar-refractivity contribution in [3.63, 3.8) is 0 Å². The number of nitrogens with zero attached hydrogens (tertiary/aromatic N) is 3. The molecule has 0 saturated carbocycles. The quantitative estimate of drug-likeness (QED) is 0.388. The second-order valence-electron chi connectivity index (χ2n) is 8.25. The number of imide groups is 1. The molecular formula is C25H26N4O5. The fourth-order valence-corrected chi connectivity index (χ4v) is 4.31. The molecule has 2 aliphatic heterocycles. The molecule has 3 heterocycles. The van der Waals surface area contributed by atoms with Gasteiger partial charge in [0.15, 0.2) is 5.76 Å². The van der Waals surface area contributed by atoms with E-state index in [4.69, 9.17) is 4.74 Å². The molecule has 2 aromatic rings. The standard InChI is InChI=1S/C25H26N4O5/c1-5-15(11-21(30)14(2)34-4)23-19(12-26-28(23)3)16-6-7-18-17(10-16)13-29(25(18)33)20-8-9-22(31)27-24(20)32/h5-7,10-12,20,30H,1,8-9,13H2,2-4H3,(H,27,31,32)/b15-11+,21-14-. The number of hydrogen-bond acceptors (Lipinski definition) is 6. The highest BCUT2D eigenvalue weighted by Gasteiger charge is 2.39. The lowest BCUT2D eigenvalue weighted by molar-refractivity contribution is -0.136. The molecule has 9 heteroatoms. The van der Waals surface area contributed by atoms with E-state index < -0.39 is 11.9 Å². The number of carbonyl (C=O) groups is 3. The minimum absolute atomic E-state index is 0.0241. The van der Waals surface area contributed by atoms with Gasteiger partial charge in [-0.3, -0.25) is 24.4 Å². The van der Waals surface area contributed by atoms with Crippen LogP contribution in [0.2, 0.25) is 0 Å². The summed E-state index contributed by atoms with van der Waals surface area (Å²) in [6.07, 6.45) is 5.43. The third kappa shape index (κ3) is 4.00. The summed E-state index contributed by atoms with van der Waals surface area (Å²) < 4.78 is 6.79. The Hall–Kier alpha value is -4.14. The minimum atomic E-state index is -0.663. The number of aryl methyl sites for hydroxylation is 1. The molecule has 1 aromatic heterocycles. The Kier molecular flexibility index (Phi) is 6.10. The van der Waals surface area contributed by atoms with Crippen LogP contribution in [0.1, 0.15) is 41.4 Å². The molecule has 4 rings (SSSR count). The molecule has 3 amide bonds. The largest absolute Gasteiger partial charge is 0.504 e. The molecule has 9 nitrogen and oxygen atoms in total. The van der Waals surface area contributed by atoms with Gasteiger partial charge in [-0.05, 0) is 42.7 Å². The third-order valence-electron chi connectivity index (χ3n) is 6.23. The first-order chi connectivity index (χ1) is 16.2. The number of allylic oxidation sites excluding steroid dienone is 4. The van der Waals surface area contributed by atoms with Gasteiger partial charge in [-0.15, -0.1) is 0 Å². The predicted octanol–water partition coefficient (Wildman–Crippen LogP) is 2.85. The van der Waals surface area contributed by atoms with Crippen LogP contribution in [0.5, 0.6) is 0 Å². The molecule has 176 valence electrons. The SMILES string of the molecule is C=C/C(=C\C(O)=C(/C)OC)c1c(-c2ccc3c(c2)CN(C2CCC(=O)NC2=O)C3=O)cnn1C. The lowest BCUT2D eigenvalue weighted by atomic mass is 9.97. The summed E-state index contributed by atoms with van der Waals surface area (Å²) in [5, 5.41) is 17.0. The second kappa shape index (κ2) is 9.01. The summed E-state index contributed by atoms with van der Waals surface area (Å²) in [4.78, 5) is 38.3. The summed E-state index contributed by atoms with van der Waals surface area (Å²) >= 11 is 0. The number of methoxy groups -OCH3 is 1. The van der Waals surface area contributed by atoms with Crippen molar-refractivity contribution in [2.75, 3.05) is 7.11 Å². The zero-order valence-corrected chi connectivity index (χ0v) is 19.3. The molecule has 2 N–H and O–H groups in total. The van der Waals surface area contributed by atoms with Gasteiger partial charge in [0.05, 0.1) is 19.0 Å². The number of ether oxygens (including phenoxy) is 1. The van der Waals surface area contributed by atoms with Crippen molar-refractivity contribution in [1.29, 1.82) is 0 Å². The monoisotopic (exact) mass is 462 g/mol. The lowest BCUT2D eigenvalue weighted by Crippen LogP contribution is -2.52. The van der Waals surface area contributed by atoms with Gasteiger partial charge in [-0.2, -0.15) is 5.10 Å². The van der Waals surface area contributed by atoms with Crippen molar-refractivity contribution in [3.05, 3.63) is 71.5 Å². The lowest BCUT2D eigenvalue weighted by Gasteiger charge is -2.29. The topological polar surface area (TPSA) is 114 Å². The first-order valence-electron chi connectivity index (χ1n) is 10.8. The molecule has 0 spiro atoms. The average molecular weight is 463 g/mol. The van der Waals surface area contributed by atoms with E-state index in [1.165, 1.54) is 12.0 Å².